The maximum atomic E-state index is 13.0. The van der Waals surface area contributed by atoms with Gasteiger partial charge in [0.05, 0.1) is 18.1 Å². The van der Waals surface area contributed by atoms with E-state index >= 15 is 0 Å². The molecule has 1 unspecified atom stereocenters. The highest BCUT2D eigenvalue weighted by Gasteiger charge is 2.24. The summed E-state index contributed by atoms with van der Waals surface area (Å²) >= 11 is 0. The first kappa shape index (κ1) is 10.9. The second kappa shape index (κ2) is 4.10. The summed E-state index contributed by atoms with van der Waals surface area (Å²) in [6, 6.07) is 7.79. The second-order valence-corrected chi connectivity index (χ2v) is 4.09. The van der Waals surface area contributed by atoms with E-state index in [9.17, 15) is 9.50 Å². The number of benzene rings is 1. The van der Waals surface area contributed by atoms with Gasteiger partial charge in [-0.25, -0.2) is 4.39 Å². The van der Waals surface area contributed by atoms with Crippen LogP contribution in [0.25, 0.3) is 0 Å². The molecule has 0 aliphatic rings. The van der Waals surface area contributed by atoms with Gasteiger partial charge in [0, 0.05) is 6.42 Å². The molecule has 0 radical (unpaired) electrons. The molecule has 1 N–H and O–H groups in total. The van der Waals surface area contributed by atoms with Gasteiger partial charge >= 0.3 is 0 Å². The molecule has 16 heavy (non-hydrogen) atoms. The largest absolute Gasteiger partial charge is 0.472 e. The Labute approximate surface area is 93.3 Å². The Balaban J connectivity index is 2.24. The van der Waals surface area contributed by atoms with Crippen molar-refractivity contribution < 1.29 is 13.9 Å². The minimum Gasteiger partial charge on any atom is -0.472 e. The lowest BCUT2D eigenvalue weighted by molar-refractivity contribution is 0.0571. The normalized spacial score (nSPS) is 14.7. The van der Waals surface area contributed by atoms with Crippen molar-refractivity contribution in [2.45, 2.75) is 18.9 Å². The molecule has 2 nitrogen and oxygen atoms in total. The van der Waals surface area contributed by atoms with Crippen molar-refractivity contribution in [3.8, 4) is 0 Å². The molecule has 3 heteroatoms. The Bertz CT molecular complexity index is 461. The van der Waals surface area contributed by atoms with E-state index in [4.69, 9.17) is 4.42 Å². The fourth-order valence-corrected chi connectivity index (χ4v) is 1.72. The molecule has 0 bridgehead atoms. The van der Waals surface area contributed by atoms with Crippen LogP contribution in [0, 0.1) is 5.82 Å². The molecule has 0 aliphatic heterocycles. The summed E-state index contributed by atoms with van der Waals surface area (Å²) < 4.78 is 18.0. The van der Waals surface area contributed by atoms with Gasteiger partial charge < -0.3 is 9.52 Å². The highest BCUT2D eigenvalue weighted by Crippen LogP contribution is 2.25. The number of rotatable bonds is 3. The average molecular weight is 220 g/mol. The van der Waals surface area contributed by atoms with E-state index in [1.54, 1.807) is 37.6 Å². The number of halogens is 1. The third-order valence-electron chi connectivity index (χ3n) is 2.57. The van der Waals surface area contributed by atoms with Crippen LogP contribution in [0.4, 0.5) is 4.39 Å². The molecule has 1 aromatic heterocycles. The molecule has 0 amide bonds. The summed E-state index contributed by atoms with van der Waals surface area (Å²) in [6.07, 6.45) is 3.53. The standard InChI is InChI=1S/C13H13FO2/c1-13(15,8-10-5-6-16-9-10)11-3-2-4-12(14)7-11/h2-7,9,15H,8H2,1H3. The highest BCUT2D eigenvalue weighted by atomic mass is 19.1. The first-order valence-electron chi connectivity index (χ1n) is 5.07. The second-order valence-electron chi connectivity index (χ2n) is 4.09. The molecule has 84 valence electrons. The molecular weight excluding hydrogens is 207 g/mol. The maximum absolute atomic E-state index is 13.0. The molecule has 0 saturated heterocycles. The minimum atomic E-state index is -1.09. The number of hydrogen-bond acceptors (Lipinski definition) is 2. The third kappa shape index (κ3) is 2.31. The topological polar surface area (TPSA) is 33.4 Å². The first-order valence-corrected chi connectivity index (χ1v) is 5.07. The summed E-state index contributed by atoms with van der Waals surface area (Å²) in [6.45, 7) is 1.66. The predicted molar refractivity (Wildman–Crippen MR) is 58.4 cm³/mol. The zero-order valence-electron chi connectivity index (χ0n) is 8.98. The smallest absolute Gasteiger partial charge is 0.123 e. The van der Waals surface area contributed by atoms with Crippen LogP contribution in [0.15, 0.2) is 47.3 Å². The maximum Gasteiger partial charge on any atom is 0.123 e. The Hall–Kier alpha value is -1.61. The highest BCUT2D eigenvalue weighted by molar-refractivity contribution is 5.25. The molecule has 0 fully saturated rings. The van der Waals surface area contributed by atoms with E-state index in [2.05, 4.69) is 0 Å². The molecule has 0 aliphatic carbocycles. The van der Waals surface area contributed by atoms with Gasteiger partial charge in [0.25, 0.3) is 0 Å². The Kier molecular flexibility index (Phi) is 2.79. The van der Waals surface area contributed by atoms with Gasteiger partial charge in [-0.15, -0.1) is 0 Å². The monoisotopic (exact) mass is 220 g/mol. The minimum absolute atomic E-state index is 0.343. The molecule has 1 aromatic carbocycles. The number of hydrogen-bond donors (Lipinski definition) is 1. The van der Waals surface area contributed by atoms with Crippen LogP contribution in [0.2, 0.25) is 0 Å². The quantitative estimate of drug-likeness (QED) is 0.862. The van der Waals surface area contributed by atoms with Gasteiger partial charge in [-0.3, -0.25) is 0 Å². The summed E-state index contributed by atoms with van der Waals surface area (Å²) in [5.74, 6) is -0.343. The van der Waals surface area contributed by atoms with Crippen molar-refractivity contribution in [3.63, 3.8) is 0 Å². The molecule has 1 atom stereocenters. The van der Waals surface area contributed by atoms with Gasteiger partial charge in [0.1, 0.15) is 5.82 Å². The average Bonchev–Trinajstić information content (AvgIpc) is 2.70. The predicted octanol–water partition coefficient (Wildman–Crippen LogP) is 2.87. The van der Waals surface area contributed by atoms with E-state index in [-0.39, 0.29) is 5.82 Å². The van der Waals surface area contributed by atoms with Crippen molar-refractivity contribution in [1.82, 2.24) is 0 Å². The summed E-state index contributed by atoms with van der Waals surface area (Å²) in [5, 5.41) is 10.3. The molecule has 2 rings (SSSR count). The lowest BCUT2D eigenvalue weighted by atomic mass is 9.90. The van der Waals surface area contributed by atoms with Crippen LogP contribution in [0.1, 0.15) is 18.1 Å². The van der Waals surface area contributed by atoms with Crippen molar-refractivity contribution >= 4 is 0 Å². The van der Waals surface area contributed by atoms with Crippen molar-refractivity contribution in [2.75, 3.05) is 0 Å². The number of furan rings is 1. The van der Waals surface area contributed by atoms with Gasteiger partial charge in [0.15, 0.2) is 0 Å². The molecule has 1 heterocycles. The van der Waals surface area contributed by atoms with Crippen LogP contribution >= 0.6 is 0 Å². The van der Waals surface area contributed by atoms with Crippen molar-refractivity contribution in [3.05, 3.63) is 59.8 Å². The Morgan fingerprint density at radius 2 is 2.19 bits per heavy atom. The zero-order valence-corrected chi connectivity index (χ0v) is 8.98. The van der Waals surface area contributed by atoms with E-state index in [1.165, 1.54) is 12.1 Å². The lowest BCUT2D eigenvalue weighted by Crippen LogP contribution is -2.24. The molecule has 0 saturated carbocycles. The summed E-state index contributed by atoms with van der Waals surface area (Å²) in [4.78, 5) is 0. The SMILES string of the molecule is CC(O)(Cc1ccoc1)c1cccc(F)c1. The zero-order chi connectivity index (χ0) is 11.6. The van der Waals surface area contributed by atoms with E-state index in [0.717, 1.165) is 5.56 Å². The Morgan fingerprint density at radius 1 is 1.38 bits per heavy atom. The van der Waals surface area contributed by atoms with Gasteiger partial charge in [-0.1, -0.05) is 12.1 Å². The first-order chi connectivity index (χ1) is 7.58. The molecular formula is C13H13FO2. The van der Waals surface area contributed by atoms with Crippen molar-refractivity contribution in [2.24, 2.45) is 0 Å². The van der Waals surface area contributed by atoms with Gasteiger partial charge in [-0.05, 0) is 36.2 Å². The fraction of sp³-hybridized carbons (Fsp3) is 0.231. The summed E-state index contributed by atoms with van der Waals surface area (Å²) in [7, 11) is 0. The van der Waals surface area contributed by atoms with E-state index in [1.807, 2.05) is 0 Å². The number of aliphatic hydroxyl groups is 1. The van der Waals surface area contributed by atoms with Crippen LogP contribution < -0.4 is 0 Å². The van der Waals surface area contributed by atoms with Crippen LogP contribution in [0.5, 0.6) is 0 Å². The van der Waals surface area contributed by atoms with Crippen LogP contribution in [-0.4, -0.2) is 5.11 Å². The van der Waals surface area contributed by atoms with E-state index in [0.29, 0.717) is 12.0 Å². The fourth-order valence-electron chi connectivity index (χ4n) is 1.72. The Morgan fingerprint density at radius 3 is 2.81 bits per heavy atom. The molecule has 2 aromatic rings. The summed E-state index contributed by atoms with van der Waals surface area (Å²) in [5.41, 5.74) is 0.356. The van der Waals surface area contributed by atoms with Crippen LogP contribution in [0.3, 0.4) is 0 Å². The van der Waals surface area contributed by atoms with Gasteiger partial charge in [0.2, 0.25) is 0 Å². The third-order valence-corrected chi connectivity index (χ3v) is 2.57. The molecule has 0 spiro atoms. The lowest BCUT2D eigenvalue weighted by Gasteiger charge is -2.23. The van der Waals surface area contributed by atoms with Gasteiger partial charge in [-0.2, -0.15) is 0 Å². The van der Waals surface area contributed by atoms with Crippen molar-refractivity contribution in [1.29, 1.82) is 0 Å². The van der Waals surface area contributed by atoms with E-state index < -0.39 is 5.60 Å². The van der Waals surface area contributed by atoms with Crippen LogP contribution in [-0.2, 0) is 12.0 Å².